The second-order valence-electron chi connectivity index (χ2n) is 4.66. The minimum atomic E-state index is 0.414. The Kier molecular flexibility index (Phi) is 4.67. The van der Waals surface area contributed by atoms with Crippen LogP contribution < -0.4 is 5.32 Å². The summed E-state index contributed by atoms with van der Waals surface area (Å²) in [5, 5.41) is 12.3. The summed E-state index contributed by atoms with van der Waals surface area (Å²) in [5.41, 5.74) is 1.57. The average Bonchev–Trinajstić information content (AvgIpc) is 2.82. The number of nitrogens with zero attached hydrogens (tertiary/aromatic N) is 2. The van der Waals surface area contributed by atoms with Crippen LogP contribution in [0.15, 0.2) is 30.5 Å². The molecule has 0 fully saturated rings. The predicted molar refractivity (Wildman–Crippen MR) is 78.0 cm³/mol. The summed E-state index contributed by atoms with van der Waals surface area (Å²) in [7, 11) is 0. The fourth-order valence-electron chi connectivity index (χ4n) is 1.91. The van der Waals surface area contributed by atoms with E-state index in [9.17, 15) is 0 Å². The zero-order valence-corrected chi connectivity index (χ0v) is 12.0. The van der Waals surface area contributed by atoms with E-state index in [1.54, 1.807) is 6.20 Å². The van der Waals surface area contributed by atoms with Gasteiger partial charge >= 0.3 is 0 Å². The van der Waals surface area contributed by atoms with Crippen molar-refractivity contribution in [3.63, 3.8) is 0 Å². The van der Waals surface area contributed by atoms with Crippen molar-refractivity contribution in [3.05, 3.63) is 51.5 Å². The fourth-order valence-corrected chi connectivity index (χ4v) is 2.93. The van der Waals surface area contributed by atoms with Crippen LogP contribution in [0.4, 0.5) is 0 Å². The Bertz CT molecular complexity index is 583. The smallest absolute Gasteiger partial charge is 0.140 e. The van der Waals surface area contributed by atoms with E-state index < -0.39 is 0 Å². The standard InChI is InChI=1S/C15H17N3S/c1-11(7-15-4-3-12(2)19-15)18-10-13-5-6-17-14(8-13)9-16/h3-6,8,11,18H,7,10H2,1-2H3. The van der Waals surface area contributed by atoms with Crippen LogP contribution in [-0.4, -0.2) is 11.0 Å². The molecule has 1 unspecified atom stereocenters. The van der Waals surface area contributed by atoms with Gasteiger partial charge in [0.2, 0.25) is 0 Å². The Morgan fingerprint density at radius 3 is 2.95 bits per heavy atom. The maximum absolute atomic E-state index is 8.81. The number of nitrogens with one attached hydrogen (secondary N) is 1. The summed E-state index contributed by atoms with van der Waals surface area (Å²) in [4.78, 5) is 6.73. The van der Waals surface area contributed by atoms with E-state index in [2.05, 4.69) is 42.4 Å². The Balaban J connectivity index is 1.86. The molecule has 1 atom stereocenters. The molecule has 0 aliphatic rings. The number of pyridine rings is 1. The third kappa shape index (κ3) is 4.16. The molecule has 0 aliphatic carbocycles. The molecule has 2 rings (SSSR count). The number of aryl methyl sites for hydroxylation is 1. The molecule has 0 radical (unpaired) electrons. The first-order chi connectivity index (χ1) is 9.17. The normalized spacial score (nSPS) is 12.1. The molecule has 0 saturated heterocycles. The Morgan fingerprint density at radius 1 is 1.42 bits per heavy atom. The molecule has 2 aromatic rings. The second kappa shape index (κ2) is 6.46. The molecule has 3 nitrogen and oxygen atoms in total. The van der Waals surface area contributed by atoms with Gasteiger partial charge in [0.25, 0.3) is 0 Å². The topological polar surface area (TPSA) is 48.7 Å². The SMILES string of the molecule is Cc1ccc(CC(C)NCc2ccnc(C#N)c2)s1. The van der Waals surface area contributed by atoms with Crippen LogP contribution in [0.1, 0.15) is 27.9 Å². The molecule has 2 heterocycles. The van der Waals surface area contributed by atoms with Gasteiger partial charge in [-0.1, -0.05) is 0 Å². The van der Waals surface area contributed by atoms with E-state index >= 15 is 0 Å². The highest BCUT2D eigenvalue weighted by Gasteiger charge is 2.05. The van der Waals surface area contributed by atoms with Gasteiger partial charge in [-0.2, -0.15) is 5.26 Å². The molecular weight excluding hydrogens is 254 g/mol. The van der Waals surface area contributed by atoms with Crippen LogP contribution >= 0.6 is 11.3 Å². The zero-order chi connectivity index (χ0) is 13.7. The van der Waals surface area contributed by atoms with E-state index in [0.717, 1.165) is 18.5 Å². The largest absolute Gasteiger partial charge is 0.310 e. The van der Waals surface area contributed by atoms with E-state index in [1.807, 2.05) is 23.5 Å². The Labute approximate surface area is 117 Å². The maximum Gasteiger partial charge on any atom is 0.140 e. The summed E-state index contributed by atoms with van der Waals surface area (Å²) < 4.78 is 0. The van der Waals surface area contributed by atoms with E-state index in [4.69, 9.17) is 5.26 Å². The first kappa shape index (κ1) is 13.7. The Morgan fingerprint density at radius 2 is 2.26 bits per heavy atom. The summed E-state index contributed by atoms with van der Waals surface area (Å²) in [6.07, 6.45) is 2.72. The average molecular weight is 271 g/mol. The zero-order valence-electron chi connectivity index (χ0n) is 11.2. The van der Waals surface area contributed by atoms with Gasteiger partial charge in [-0.05, 0) is 50.1 Å². The lowest BCUT2D eigenvalue weighted by Crippen LogP contribution is -2.27. The third-order valence-electron chi connectivity index (χ3n) is 2.90. The van der Waals surface area contributed by atoms with Gasteiger partial charge in [-0.3, -0.25) is 0 Å². The first-order valence-electron chi connectivity index (χ1n) is 6.31. The van der Waals surface area contributed by atoms with Gasteiger partial charge in [-0.25, -0.2) is 4.98 Å². The number of nitriles is 1. The number of hydrogen-bond donors (Lipinski definition) is 1. The lowest BCUT2D eigenvalue weighted by atomic mass is 10.2. The lowest BCUT2D eigenvalue weighted by Gasteiger charge is -2.12. The van der Waals surface area contributed by atoms with Crippen LogP contribution in [-0.2, 0) is 13.0 Å². The minimum Gasteiger partial charge on any atom is -0.310 e. The minimum absolute atomic E-state index is 0.414. The molecule has 19 heavy (non-hydrogen) atoms. The molecule has 1 N–H and O–H groups in total. The van der Waals surface area contributed by atoms with Crippen molar-refractivity contribution in [1.82, 2.24) is 10.3 Å². The van der Waals surface area contributed by atoms with Gasteiger partial charge < -0.3 is 5.32 Å². The van der Waals surface area contributed by atoms with Crippen molar-refractivity contribution >= 4 is 11.3 Å². The fraction of sp³-hybridized carbons (Fsp3) is 0.333. The molecule has 0 bridgehead atoms. The quantitative estimate of drug-likeness (QED) is 0.909. The van der Waals surface area contributed by atoms with Gasteiger partial charge in [0.15, 0.2) is 0 Å². The summed E-state index contributed by atoms with van der Waals surface area (Å²) in [6.45, 7) is 5.08. The maximum atomic E-state index is 8.81. The number of hydrogen-bond acceptors (Lipinski definition) is 4. The number of aromatic nitrogens is 1. The summed E-state index contributed by atoms with van der Waals surface area (Å²) in [5.74, 6) is 0. The van der Waals surface area contributed by atoms with Gasteiger partial charge in [-0.15, -0.1) is 11.3 Å². The van der Waals surface area contributed by atoms with Crippen LogP contribution in [0.25, 0.3) is 0 Å². The van der Waals surface area contributed by atoms with Crippen molar-refractivity contribution < 1.29 is 0 Å². The van der Waals surface area contributed by atoms with Crippen molar-refractivity contribution in [1.29, 1.82) is 5.26 Å². The monoisotopic (exact) mass is 271 g/mol. The molecule has 4 heteroatoms. The van der Waals surface area contributed by atoms with Crippen LogP contribution in [0.5, 0.6) is 0 Å². The molecule has 0 aromatic carbocycles. The van der Waals surface area contributed by atoms with E-state index in [1.165, 1.54) is 9.75 Å². The van der Waals surface area contributed by atoms with Crippen molar-refractivity contribution in [2.75, 3.05) is 0 Å². The molecule has 98 valence electrons. The number of thiophene rings is 1. The van der Waals surface area contributed by atoms with Crippen LogP contribution in [0.3, 0.4) is 0 Å². The highest BCUT2D eigenvalue weighted by Crippen LogP contribution is 2.16. The first-order valence-corrected chi connectivity index (χ1v) is 7.13. The molecule has 0 amide bonds. The van der Waals surface area contributed by atoms with E-state index in [0.29, 0.717) is 11.7 Å². The van der Waals surface area contributed by atoms with Crippen LogP contribution in [0, 0.1) is 18.3 Å². The van der Waals surface area contributed by atoms with Gasteiger partial charge in [0.05, 0.1) is 0 Å². The summed E-state index contributed by atoms with van der Waals surface area (Å²) in [6, 6.07) is 10.6. The second-order valence-corrected chi connectivity index (χ2v) is 6.03. The van der Waals surface area contributed by atoms with Crippen molar-refractivity contribution in [2.24, 2.45) is 0 Å². The predicted octanol–water partition coefficient (Wildman–Crippen LogP) is 3.04. The third-order valence-corrected chi connectivity index (χ3v) is 3.92. The van der Waals surface area contributed by atoms with Crippen molar-refractivity contribution in [2.45, 2.75) is 32.9 Å². The van der Waals surface area contributed by atoms with E-state index in [-0.39, 0.29) is 0 Å². The highest BCUT2D eigenvalue weighted by atomic mass is 32.1. The molecule has 0 saturated carbocycles. The highest BCUT2D eigenvalue weighted by molar-refractivity contribution is 7.11. The molecule has 2 aromatic heterocycles. The molecular formula is C15H17N3S. The molecule has 0 aliphatic heterocycles. The molecule has 0 spiro atoms. The number of rotatable bonds is 5. The van der Waals surface area contributed by atoms with Gasteiger partial charge in [0, 0.05) is 28.5 Å². The van der Waals surface area contributed by atoms with Crippen molar-refractivity contribution in [3.8, 4) is 6.07 Å². The Hall–Kier alpha value is -1.70. The lowest BCUT2D eigenvalue weighted by molar-refractivity contribution is 0.548. The summed E-state index contributed by atoms with van der Waals surface area (Å²) >= 11 is 1.85. The van der Waals surface area contributed by atoms with Crippen LogP contribution in [0.2, 0.25) is 0 Å². The van der Waals surface area contributed by atoms with Gasteiger partial charge in [0.1, 0.15) is 11.8 Å².